The van der Waals surface area contributed by atoms with Gasteiger partial charge in [0.1, 0.15) is 0 Å². The van der Waals surface area contributed by atoms with Gasteiger partial charge in [-0.05, 0) is 38.5 Å². The predicted octanol–water partition coefficient (Wildman–Crippen LogP) is 2.51. The van der Waals surface area contributed by atoms with E-state index in [0.29, 0.717) is 6.54 Å². The highest BCUT2D eigenvalue weighted by atomic mass is 35.5. The van der Waals surface area contributed by atoms with E-state index in [1.807, 2.05) is 25.2 Å². The monoisotopic (exact) mass is 309 g/mol. The zero-order chi connectivity index (χ0) is 15.6. The third kappa shape index (κ3) is 4.35. The number of carbonyl (C=O) groups is 1. The number of rotatable bonds is 3. The van der Waals surface area contributed by atoms with Gasteiger partial charge in [-0.1, -0.05) is 17.7 Å². The molecule has 1 heterocycles. The number of likely N-dealkylation sites (N-methyl/N-ethyl adjacent to an activating group) is 1. The van der Waals surface area contributed by atoms with Gasteiger partial charge in [-0.15, -0.1) is 0 Å². The summed E-state index contributed by atoms with van der Waals surface area (Å²) >= 11 is 6.38. The Morgan fingerprint density at radius 1 is 1.29 bits per heavy atom. The minimum absolute atomic E-state index is 0.0614. The maximum absolute atomic E-state index is 11.8. The summed E-state index contributed by atoms with van der Waals surface area (Å²) in [6.45, 7) is 9.15. The SMILES string of the molecule is CN1CCN(c2ccc(CNC(C)(C)C)c(Cl)c2)CC1=O. The van der Waals surface area contributed by atoms with E-state index >= 15 is 0 Å². The average Bonchev–Trinajstić information content (AvgIpc) is 2.39. The van der Waals surface area contributed by atoms with Crippen LogP contribution in [0.15, 0.2) is 18.2 Å². The van der Waals surface area contributed by atoms with Crippen molar-refractivity contribution in [2.24, 2.45) is 0 Å². The van der Waals surface area contributed by atoms with Gasteiger partial charge >= 0.3 is 0 Å². The summed E-state index contributed by atoms with van der Waals surface area (Å²) in [7, 11) is 1.84. The number of amides is 1. The molecule has 0 spiro atoms. The maximum atomic E-state index is 11.8. The maximum Gasteiger partial charge on any atom is 0.241 e. The van der Waals surface area contributed by atoms with Crippen molar-refractivity contribution in [2.75, 3.05) is 31.6 Å². The molecule has 2 rings (SSSR count). The average molecular weight is 310 g/mol. The van der Waals surface area contributed by atoms with Crippen LogP contribution in [-0.4, -0.2) is 43.0 Å². The second kappa shape index (κ2) is 6.24. The van der Waals surface area contributed by atoms with E-state index in [-0.39, 0.29) is 11.4 Å². The minimum Gasteiger partial charge on any atom is -0.360 e. The molecule has 1 aromatic rings. The first kappa shape index (κ1) is 16.1. The lowest BCUT2D eigenvalue weighted by Crippen LogP contribution is -2.48. The van der Waals surface area contributed by atoms with Gasteiger partial charge in [0.2, 0.25) is 5.91 Å². The molecule has 0 aromatic heterocycles. The Labute approximate surface area is 132 Å². The van der Waals surface area contributed by atoms with E-state index in [4.69, 9.17) is 11.6 Å². The molecule has 0 saturated carbocycles. The van der Waals surface area contributed by atoms with Crippen molar-refractivity contribution >= 4 is 23.2 Å². The van der Waals surface area contributed by atoms with Crippen LogP contribution in [0.25, 0.3) is 0 Å². The molecular weight excluding hydrogens is 286 g/mol. The molecule has 1 fully saturated rings. The van der Waals surface area contributed by atoms with Crippen LogP contribution in [0.2, 0.25) is 5.02 Å². The lowest BCUT2D eigenvalue weighted by atomic mass is 10.1. The highest BCUT2D eigenvalue weighted by molar-refractivity contribution is 6.31. The normalized spacial score (nSPS) is 16.5. The quantitative estimate of drug-likeness (QED) is 0.932. The molecule has 0 unspecified atom stereocenters. The molecule has 0 aliphatic carbocycles. The summed E-state index contributed by atoms with van der Waals surface area (Å²) in [4.78, 5) is 15.6. The molecule has 1 saturated heterocycles. The molecule has 0 atom stereocenters. The Morgan fingerprint density at radius 2 is 2.00 bits per heavy atom. The number of carbonyl (C=O) groups excluding carboxylic acids is 1. The number of anilines is 1. The van der Waals surface area contributed by atoms with Gasteiger partial charge in [-0.2, -0.15) is 0 Å². The molecular formula is C16H24ClN3O. The largest absolute Gasteiger partial charge is 0.360 e. The van der Waals surface area contributed by atoms with Crippen LogP contribution in [0.5, 0.6) is 0 Å². The first-order valence-electron chi connectivity index (χ1n) is 7.28. The van der Waals surface area contributed by atoms with Crippen LogP contribution in [0, 0.1) is 0 Å². The molecule has 0 radical (unpaired) electrons. The number of benzene rings is 1. The molecule has 1 N–H and O–H groups in total. The molecule has 5 heteroatoms. The highest BCUT2D eigenvalue weighted by Gasteiger charge is 2.21. The Kier molecular flexibility index (Phi) is 4.79. The fourth-order valence-electron chi connectivity index (χ4n) is 2.22. The molecule has 1 aromatic carbocycles. The number of nitrogens with one attached hydrogen (secondary N) is 1. The Morgan fingerprint density at radius 3 is 2.57 bits per heavy atom. The van der Waals surface area contributed by atoms with Crippen molar-refractivity contribution < 1.29 is 4.79 Å². The number of nitrogens with zero attached hydrogens (tertiary/aromatic N) is 2. The van der Waals surface area contributed by atoms with E-state index in [9.17, 15) is 4.79 Å². The van der Waals surface area contributed by atoms with Crippen molar-refractivity contribution in [3.63, 3.8) is 0 Å². The first-order valence-corrected chi connectivity index (χ1v) is 7.66. The third-order valence-electron chi connectivity index (χ3n) is 3.67. The second-order valence-electron chi connectivity index (χ2n) is 6.62. The molecule has 1 amide bonds. The summed E-state index contributed by atoms with van der Waals surface area (Å²) in [5.74, 6) is 0.149. The van der Waals surface area contributed by atoms with Crippen LogP contribution in [0.4, 0.5) is 5.69 Å². The summed E-state index contributed by atoms with van der Waals surface area (Å²) in [6, 6.07) is 6.04. The van der Waals surface area contributed by atoms with Gasteiger partial charge in [-0.25, -0.2) is 0 Å². The zero-order valence-corrected chi connectivity index (χ0v) is 14.0. The van der Waals surface area contributed by atoms with Crippen molar-refractivity contribution in [3.8, 4) is 0 Å². The summed E-state index contributed by atoms with van der Waals surface area (Å²) in [6.07, 6.45) is 0. The van der Waals surface area contributed by atoms with Gasteiger partial charge in [0.25, 0.3) is 0 Å². The van der Waals surface area contributed by atoms with Crippen LogP contribution in [0.3, 0.4) is 0 Å². The van der Waals surface area contributed by atoms with Crippen LogP contribution in [0.1, 0.15) is 26.3 Å². The topological polar surface area (TPSA) is 35.6 Å². The van der Waals surface area contributed by atoms with Crippen LogP contribution >= 0.6 is 11.6 Å². The van der Waals surface area contributed by atoms with Crippen molar-refractivity contribution in [3.05, 3.63) is 28.8 Å². The molecule has 116 valence electrons. The number of halogens is 1. The van der Waals surface area contributed by atoms with Gasteiger partial charge < -0.3 is 15.1 Å². The van der Waals surface area contributed by atoms with E-state index in [1.165, 1.54) is 0 Å². The smallest absolute Gasteiger partial charge is 0.241 e. The first-order chi connectivity index (χ1) is 9.76. The number of hydrogen-bond acceptors (Lipinski definition) is 3. The standard InChI is InChI=1S/C16H24ClN3O/c1-16(2,3)18-10-12-5-6-13(9-14(12)17)20-8-7-19(4)15(21)11-20/h5-6,9,18H,7-8,10-11H2,1-4H3. The lowest BCUT2D eigenvalue weighted by molar-refractivity contribution is -0.129. The predicted molar refractivity (Wildman–Crippen MR) is 87.9 cm³/mol. The minimum atomic E-state index is 0.0614. The number of hydrogen-bond donors (Lipinski definition) is 1. The fraction of sp³-hybridized carbons (Fsp3) is 0.562. The van der Waals surface area contributed by atoms with E-state index in [1.54, 1.807) is 4.90 Å². The number of piperazine rings is 1. The van der Waals surface area contributed by atoms with Crippen LogP contribution in [-0.2, 0) is 11.3 Å². The highest BCUT2D eigenvalue weighted by Crippen LogP contribution is 2.25. The van der Waals surface area contributed by atoms with Gasteiger partial charge in [0, 0.05) is 42.9 Å². The summed E-state index contributed by atoms with van der Waals surface area (Å²) in [5, 5.41) is 4.18. The molecule has 0 bridgehead atoms. The summed E-state index contributed by atoms with van der Waals surface area (Å²) in [5.41, 5.74) is 2.16. The van der Waals surface area contributed by atoms with Gasteiger partial charge in [0.05, 0.1) is 6.54 Å². The van der Waals surface area contributed by atoms with Crippen molar-refractivity contribution in [1.29, 1.82) is 0 Å². The van der Waals surface area contributed by atoms with Crippen molar-refractivity contribution in [1.82, 2.24) is 10.2 Å². The summed E-state index contributed by atoms with van der Waals surface area (Å²) < 4.78 is 0. The Bertz CT molecular complexity index is 525. The second-order valence-corrected chi connectivity index (χ2v) is 7.02. The Hall–Kier alpha value is -1.26. The molecule has 1 aliphatic rings. The Balaban J connectivity index is 2.07. The fourth-order valence-corrected chi connectivity index (χ4v) is 2.46. The molecule has 1 aliphatic heterocycles. The van der Waals surface area contributed by atoms with E-state index in [0.717, 1.165) is 35.9 Å². The van der Waals surface area contributed by atoms with Crippen LogP contribution < -0.4 is 10.2 Å². The zero-order valence-electron chi connectivity index (χ0n) is 13.2. The van der Waals surface area contributed by atoms with Gasteiger partial charge in [0.15, 0.2) is 0 Å². The third-order valence-corrected chi connectivity index (χ3v) is 4.02. The van der Waals surface area contributed by atoms with Gasteiger partial charge in [-0.3, -0.25) is 4.79 Å². The van der Waals surface area contributed by atoms with E-state index in [2.05, 4.69) is 31.0 Å². The molecule has 21 heavy (non-hydrogen) atoms. The lowest BCUT2D eigenvalue weighted by Gasteiger charge is -2.33. The van der Waals surface area contributed by atoms with E-state index < -0.39 is 0 Å². The molecule has 4 nitrogen and oxygen atoms in total. The van der Waals surface area contributed by atoms with Crippen molar-refractivity contribution in [2.45, 2.75) is 32.9 Å².